The molecule has 5 heteroatoms. The Morgan fingerprint density at radius 2 is 1.90 bits per heavy atom. The molecule has 1 saturated carbocycles. The fraction of sp³-hybridized carbons (Fsp3) is 0.875. The summed E-state index contributed by atoms with van der Waals surface area (Å²) in [7, 11) is 0. The number of rotatable bonds is 4. The van der Waals surface area contributed by atoms with Gasteiger partial charge in [-0.2, -0.15) is 0 Å². The zero-order chi connectivity index (χ0) is 15.2. The van der Waals surface area contributed by atoms with Crippen LogP contribution in [0, 0.1) is 11.8 Å². The van der Waals surface area contributed by atoms with Gasteiger partial charge in [-0.25, -0.2) is 0 Å². The third-order valence-electron chi connectivity index (χ3n) is 4.85. The lowest BCUT2D eigenvalue weighted by molar-refractivity contribution is -0.132. The average molecular weight is 295 g/mol. The van der Waals surface area contributed by atoms with Crippen LogP contribution in [0.3, 0.4) is 0 Å². The Balaban J connectivity index is 1.69. The summed E-state index contributed by atoms with van der Waals surface area (Å²) in [6, 6.07) is -0.0287. The number of nitrogens with two attached hydrogens (primary N) is 1. The molecule has 3 atom stereocenters. The van der Waals surface area contributed by atoms with Gasteiger partial charge in [-0.1, -0.05) is 6.92 Å². The highest BCUT2D eigenvalue weighted by atomic mass is 16.2. The van der Waals surface area contributed by atoms with Crippen LogP contribution in [0.1, 0.15) is 51.9 Å². The maximum absolute atomic E-state index is 12.2. The second-order valence-corrected chi connectivity index (χ2v) is 6.67. The van der Waals surface area contributed by atoms with Gasteiger partial charge in [0.05, 0.1) is 5.92 Å². The Bertz CT molecular complexity index is 367. The summed E-state index contributed by atoms with van der Waals surface area (Å²) in [6.07, 6.45) is 6.73. The number of hydrogen-bond donors (Lipinski definition) is 2. The lowest BCUT2D eigenvalue weighted by Gasteiger charge is -2.31. The van der Waals surface area contributed by atoms with Crippen molar-refractivity contribution in [3.05, 3.63) is 0 Å². The summed E-state index contributed by atoms with van der Waals surface area (Å²) in [5.41, 5.74) is 6.05. The molecule has 3 N–H and O–H groups in total. The number of likely N-dealkylation sites (tertiary alicyclic amines) is 1. The van der Waals surface area contributed by atoms with Gasteiger partial charge in [-0.15, -0.1) is 0 Å². The lowest BCUT2D eigenvalue weighted by atomic mass is 9.79. The average Bonchev–Trinajstić information content (AvgIpc) is 2.50. The van der Waals surface area contributed by atoms with Crippen molar-refractivity contribution in [2.24, 2.45) is 17.6 Å². The Labute approximate surface area is 127 Å². The smallest absolute Gasteiger partial charge is 0.224 e. The van der Waals surface area contributed by atoms with E-state index in [0.717, 1.165) is 45.2 Å². The quantitative estimate of drug-likeness (QED) is 0.820. The van der Waals surface area contributed by atoms with Crippen LogP contribution in [0.4, 0.5) is 0 Å². The first-order valence-electron chi connectivity index (χ1n) is 8.39. The minimum atomic E-state index is -0.0844. The van der Waals surface area contributed by atoms with Gasteiger partial charge in [-0.3, -0.25) is 9.59 Å². The van der Waals surface area contributed by atoms with Crippen molar-refractivity contribution in [3.8, 4) is 0 Å². The van der Waals surface area contributed by atoms with E-state index in [-0.39, 0.29) is 23.8 Å². The van der Waals surface area contributed by atoms with Crippen LogP contribution in [0.5, 0.6) is 0 Å². The van der Waals surface area contributed by atoms with Crippen LogP contribution in [-0.2, 0) is 9.59 Å². The molecule has 0 aromatic rings. The van der Waals surface area contributed by atoms with E-state index < -0.39 is 0 Å². The molecule has 21 heavy (non-hydrogen) atoms. The van der Waals surface area contributed by atoms with E-state index >= 15 is 0 Å². The first kappa shape index (κ1) is 16.3. The monoisotopic (exact) mass is 295 g/mol. The Hall–Kier alpha value is -1.10. The fourth-order valence-corrected chi connectivity index (χ4v) is 3.43. The van der Waals surface area contributed by atoms with Crippen molar-refractivity contribution in [3.63, 3.8) is 0 Å². The summed E-state index contributed by atoms with van der Waals surface area (Å²) >= 11 is 0. The van der Waals surface area contributed by atoms with E-state index in [1.165, 1.54) is 6.42 Å². The van der Waals surface area contributed by atoms with Crippen molar-refractivity contribution in [2.45, 2.75) is 57.9 Å². The first-order chi connectivity index (χ1) is 10.1. The van der Waals surface area contributed by atoms with Crippen LogP contribution in [0.25, 0.3) is 0 Å². The minimum absolute atomic E-state index is 0.0282. The van der Waals surface area contributed by atoms with Gasteiger partial charge in [0.15, 0.2) is 0 Å². The molecule has 2 aliphatic rings. The summed E-state index contributed by atoms with van der Waals surface area (Å²) in [4.78, 5) is 26.1. The third kappa shape index (κ3) is 4.70. The highest BCUT2D eigenvalue weighted by Gasteiger charge is 2.31. The zero-order valence-corrected chi connectivity index (χ0v) is 13.1. The van der Waals surface area contributed by atoms with Gasteiger partial charge in [0.1, 0.15) is 0 Å². The molecule has 3 unspecified atom stereocenters. The van der Waals surface area contributed by atoms with Crippen molar-refractivity contribution < 1.29 is 9.59 Å². The molecule has 0 spiro atoms. The van der Waals surface area contributed by atoms with Crippen molar-refractivity contribution >= 4 is 11.8 Å². The molecule has 2 fully saturated rings. The molecule has 0 radical (unpaired) electrons. The number of nitrogens with zero attached hydrogens (tertiary/aromatic N) is 1. The molecule has 2 rings (SSSR count). The van der Waals surface area contributed by atoms with E-state index in [1.807, 2.05) is 4.90 Å². The zero-order valence-electron chi connectivity index (χ0n) is 13.1. The number of piperidine rings is 1. The van der Waals surface area contributed by atoms with E-state index in [2.05, 4.69) is 12.2 Å². The summed E-state index contributed by atoms with van der Waals surface area (Å²) in [5, 5.41) is 2.91. The van der Waals surface area contributed by atoms with Crippen LogP contribution >= 0.6 is 0 Å². The molecule has 120 valence electrons. The predicted octanol–water partition coefficient (Wildman–Crippen LogP) is 1.27. The largest absolute Gasteiger partial charge is 0.355 e. The van der Waals surface area contributed by atoms with Gasteiger partial charge in [0.2, 0.25) is 11.8 Å². The summed E-state index contributed by atoms with van der Waals surface area (Å²) in [6.45, 7) is 4.35. The maximum atomic E-state index is 12.2. The van der Waals surface area contributed by atoms with Crippen LogP contribution in [0.15, 0.2) is 0 Å². The summed E-state index contributed by atoms with van der Waals surface area (Å²) in [5.74, 6) is 0.672. The van der Waals surface area contributed by atoms with Crippen LogP contribution in [-0.4, -0.2) is 42.4 Å². The third-order valence-corrected chi connectivity index (χ3v) is 4.85. The maximum Gasteiger partial charge on any atom is 0.224 e. The second kappa shape index (κ2) is 7.78. The highest BCUT2D eigenvalue weighted by Crippen LogP contribution is 2.27. The van der Waals surface area contributed by atoms with E-state index in [1.54, 1.807) is 0 Å². The SMILES string of the molecule is CC1CCC(N)C(C(=O)NCCC(=O)N2CCCCC2)C1. The van der Waals surface area contributed by atoms with Crippen LogP contribution < -0.4 is 11.1 Å². The molecule has 1 aliphatic carbocycles. The Morgan fingerprint density at radius 3 is 2.62 bits per heavy atom. The van der Waals surface area contributed by atoms with Crippen molar-refractivity contribution in [2.75, 3.05) is 19.6 Å². The van der Waals surface area contributed by atoms with E-state index in [0.29, 0.717) is 18.9 Å². The molecular weight excluding hydrogens is 266 g/mol. The molecule has 1 saturated heterocycles. The van der Waals surface area contributed by atoms with Crippen molar-refractivity contribution in [1.82, 2.24) is 10.2 Å². The molecule has 0 aromatic carbocycles. The Morgan fingerprint density at radius 1 is 1.19 bits per heavy atom. The van der Waals surface area contributed by atoms with E-state index in [9.17, 15) is 9.59 Å². The van der Waals surface area contributed by atoms with Gasteiger partial charge in [0, 0.05) is 32.1 Å². The summed E-state index contributed by atoms with van der Waals surface area (Å²) < 4.78 is 0. The molecular formula is C16H29N3O2. The van der Waals surface area contributed by atoms with Crippen LogP contribution in [0.2, 0.25) is 0 Å². The molecule has 1 aliphatic heterocycles. The molecule has 0 bridgehead atoms. The Kier molecular flexibility index (Phi) is 6.03. The predicted molar refractivity (Wildman–Crippen MR) is 82.5 cm³/mol. The standard InChI is InChI=1S/C16H29N3O2/c1-12-5-6-14(17)13(11-12)16(21)18-8-7-15(20)19-9-3-2-4-10-19/h12-14H,2-11,17H2,1H3,(H,18,21). The minimum Gasteiger partial charge on any atom is -0.355 e. The van der Waals surface area contributed by atoms with Crippen molar-refractivity contribution in [1.29, 1.82) is 0 Å². The number of nitrogens with one attached hydrogen (secondary N) is 1. The van der Waals surface area contributed by atoms with Gasteiger partial charge < -0.3 is 16.0 Å². The van der Waals surface area contributed by atoms with Gasteiger partial charge >= 0.3 is 0 Å². The molecule has 5 nitrogen and oxygen atoms in total. The highest BCUT2D eigenvalue weighted by molar-refractivity contribution is 5.81. The van der Waals surface area contributed by atoms with E-state index in [4.69, 9.17) is 5.73 Å². The molecule has 0 aromatic heterocycles. The normalized spacial score (nSPS) is 30.0. The first-order valence-corrected chi connectivity index (χ1v) is 8.39. The number of carbonyl (C=O) groups excluding carboxylic acids is 2. The number of amides is 2. The topological polar surface area (TPSA) is 75.4 Å². The lowest BCUT2D eigenvalue weighted by Crippen LogP contribution is -2.46. The number of carbonyl (C=O) groups is 2. The second-order valence-electron chi connectivity index (χ2n) is 6.67. The van der Waals surface area contributed by atoms with Gasteiger partial charge in [-0.05, 0) is 44.4 Å². The fourth-order valence-electron chi connectivity index (χ4n) is 3.43. The van der Waals surface area contributed by atoms with Gasteiger partial charge in [0.25, 0.3) is 0 Å². The molecule has 2 amide bonds. The molecule has 1 heterocycles. The number of hydrogen-bond acceptors (Lipinski definition) is 3.